The lowest BCUT2D eigenvalue weighted by molar-refractivity contribution is 0.0852. The maximum absolute atomic E-state index is 14.2. The summed E-state index contributed by atoms with van der Waals surface area (Å²) in [4.78, 5) is 19.5. The van der Waals surface area contributed by atoms with Crippen LogP contribution >= 0.6 is 11.8 Å². The molecule has 0 N–H and O–H groups in total. The lowest BCUT2D eigenvalue weighted by atomic mass is 9.92. The lowest BCUT2D eigenvalue weighted by Crippen LogP contribution is -2.21. The van der Waals surface area contributed by atoms with E-state index >= 15 is 0 Å². The lowest BCUT2D eigenvalue weighted by Gasteiger charge is -2.22. The Kier molecular flexibility index (Phi) is 7.28. The second kappa shape index (κ2) is 9.89. The number of hydrogen-bond donors (Lipinski definition) is 0. The van der Waals surface area contributed by atoms with Crippen LogP contribution in [-0.4, -0.2) is 44.0 Å². The summed E-state index contributed by atoms with van der Waals surface area (Å²) in [6, 6.07) is 13.0. The smallest absolute Gasteiger partial charge is 0.381 e. The van der Waals surface area contributed by atoms with Gasteiger partial charge in [-0.1, -0.05) is 29.1 Å². The monoisotopic (exact) mass is 416 g/mol. The number of rotatable bonds is 5. The quantitative estimate of drug-likeness (QED) is 0.377. The van der Waals surface area contributed by atoms with Crippen molar-refractivity contribution in [1.29, 1.82) is 0 Å². The van der Waals surface area contributed by atoms with Crippen molar-refractivity contribution >= 4 is 23.6 Å². The van der Waals surface area contributed by atoms with Crippen molar-refractivity contribution in [2.24, 2.45) is 5.16 Å². The maximum atomic E-state index is 14.2. The standard InChI is InChI=1S/C22H25FN2O3S/c1-15(24-28-22(26)25(2)3)16-4-6-20(7-5-16)29-21-13-18(12-19(23)14-21)17-8-10-27-11-9-17/h4-7,12-14,17H,8-11H2,1-3H3/b24-15+. The highest BCUT2D eigenvalue weighted by Gasteiger charge is 2.17. The van der Waals surface area contributed by atoms with Crippen molar-refractivity contribution in [3.8, 4) is 0 Å². The highest BCUT2D eigenvalue weighted by atomic mass is 32.2. The summed E-state index contributed by atoms with van der Waals surface area (Å²) < 4.78 is 19.6. The summed E-state index contributed by atoms with van der Waals surface area (Å²) in [7, 11) is 3.19. The first-order chi connectivity index (χ1) is 13.9. The van der Waals surface area contributed by atoms with E-state index < -0.39 is 6.09 Å². The summed E-state index contributed by atoms with van der Waals surface area (Å²) >= 11 is 1.52. The molecule has 2 aromatic rings. The third kappa shape index (κ3) is 6.05. The van der Waals surface area contributed by atoms with Crippen LogP contribution in [-0.2, 0) is 9.57 Å². The molecule has 29 heavy (non-hydrogen) atoms. The second-order valence-electron chi connectivity index (χ2n) is 7.16. The first-order valence-corrected chi connectivity index (χ1v) is 10.3. The van der Waals surface area contributed by atoms with Gasteiger partial charge in [-0.25, -0.2) is 9.18 Å². The van der Waals surface area contributed by atoms with Gasteiger partial charge < -0.3 is 9.64 Å². The second-order valence-corrected chi connectivity index (χ2v) is 8.31. The molecule has 3 rings (SSSR count). The fraction of sp³-hybridized carbons (Fsp3) is 0.364. The van der Waals surface area contributed by atoms with Crippen molar-refractivity contribution in [2.45, 2.75) is 35.5 Å². The molecule has 1 heterocycles. The van der Waals surface area contributed by atoms with Crippen molar-refractivity contribution in [3.63, 3.8) is 0 Å². The Balaban J connectivity index is 1.68. The highest BCUT2D eigenvalue weighted by Crippen LogP contribution is 2.34. The Bertz CT molecular complexity index is 878. The summed E-state index contributed by atoms with van der Waals surface area (Å²) in [5.41, 5.74) is 2.49. The normalized spacial score (nSPS) is 15.2. The predicted octanol–water partition coefficient (Wildman–Crippen LogP) is 5.29. The average Bonchev–Trinajstić information content (AvgIpc) is 2.72. The number of carbonyl (C=O) groups excluding carboxylic acids is 1. The van der Waals surface area contributed by atoms with Crippen LogP contribution in [0.1, 0.15) is 36.8 Å². The van der Waals surface area contributed by atoms with Crippen LogP contribution in [0, 0.1) is 5.82 Å². The fourth-order valence-corrected chi connectivity index (χ4v) is 3.96. The fourth-order valence-electron chi connectivity index (χ4n) is 3.05. The molecule has 0 unspecified atom stereocenters. The number of benzene rings is 2. The van der Waals surface area contributed by atoms with E-state index in [-0.39, 0.29) is 5.82 Å². The van der Waals surface area contributed by atoms with Gasteiger partial charge in [0.05, 0.1) is 5.71 Å². The van der Waals surface area contributed by atoms with Crippen LogP contribution in [0.2, 0.25) is 0 Å². The predicted molar refractivity (Wildman–Crippen MR) is 112 cm³/mol. The van der Waals surface area contributed by atoms with Gasteiger partial charge in [0, 0.05) is 37.1 Å². The zero-order valence-corrected chi connectivity index (χ0v) is 17.7. The van der Waals surface area contributed by atoms with Gasteiger partial charge in [-0.3, -0.25) is 4.84 Å². The van der Waals surface area contributed by atoms with E-state index in [1.54, 1.807) is 33.2 Å². The minimum absolute atomic E-state index is 0.209. The first-order valence-electron chi connectivity index (χ1n) is 9.52. The number of halogens is 1. The number of amides is 1. The zero-order valence-electron chi connectivity index (χ0n) is 16.9. The van der Waals surface area contributed by atoms with E-state index in [4.69, 9.17) is 9.57 Å². The van der Waals surface area contributed by atoms with Gasteiger partial charge in [0.25, 0.3) is 0 Å². The minimum atomic E-state index is -0.525. The summed E-state index contributed by atoms with van der Waals surface area (Å²) in [5, 5.41) is 3.86. The number of hydrogen-bond acceptors (Lipinski definition) is 5. The Morgan fingerprint density at radius 1 is 1.14 bits per heavy atom. The molecule has 0 aliphatic carbocycles. The molecule has 0 bridgehead atoms. The number of ether oxygens (including phenoxy) is 1. The number of carbonyl (C=O) groups is 1. The molecule has 0 saturated carbocycles. The molecule has 5 nitrogen and oxygen atoms in total. The Labute approximate surface area is 174 Å². The van der Waals surface area contributed by atoms with E-state index in [2.05, 4.69) is 11.2 Å². The summed E-state index contributed by atoms with van der Waals surface area (Å²) in [6.07, 6.45) is 1.33. The van der Waals surface area contributed by atoms with Crippen LogP contribution in [0.5, 0.6) is 0 Å². The molecule has 0 spiro atoms. The van der Waals surface area contributed by atoms with E-state index in [1.165, 1.54) is 16.7 Å². The van der Waals surface area contributed by atoms with E-state index in [0.717, 1.165) is 47.0 Å². The van der Waals surface area contributed by atoms with Gasteiger partial charge in [0.15, 0.2) is 0 Å². The molecule has 0 atom stereocenters. The number of nitrogens with zero attached hydrogens (tertiary/aromatic N) is 2. The molecular weight excluding hydrogens is 391 g/mol. The summed E-state index contributed by atoms with van der Waals surface area (Å²) in [5.74, 6) is 0.142. The van der Waals surface area contributed by atoms with Crippen LogP contribution < -0.4 is 0 Å². The topological polar surface area (TPSA) is 51.1 Å². The number of oxime groups is 1. The van der Waals surface area contributed by atoms with Gasteiger partial charge in [-0.15, -0.1) is 0 Å². The minimum Gasteiger partial charge on any atom is -0.381 e. The van der Waals surface area contributed by atoms with Crippen molar-refractivity contribution in [3.05, 3.63) is 59.4 Å². The highest BCUT2D eigenvalue weighted by molar-refractivity contribution is 7.99. The molecule has 1 saturated heterocycles. The van der Waals surface area contributed by atoms with Crippen molar-refractivity contribution < 1.29 is 18.8 Å². The van der Waals surface area contributed by atoms with Gasteiger partial charge in [-0.05, 0) is 67.1 Å². The molecule has 1 aliphatic heterocycles. The average molecular weight is 417 g/mol. The van der Waals surface area contributed by atoms with Gasteiger partial charge in [-0.2, -0.15) is 0 Å². The van der Waals surface area contributed by atoms with Crippen LogP contribution in [0.15, 0.2) is 57.4 Å². The Morgan fingerprint density at radius 2 is 1.83 bits per heavy atom. The molecule has 1 amide bonds. The van der Waals surface area contributed by atoms with Crippen molar-refractivity contribution in [1.82, 2.24) is 4.90 Å². The van der Waals surface area contributed by atoms with Crippen molar-refractivity contribution in [2.75, 3.05) is 27.3 Å². The molecule has 0 radical (unpaired) electrons. The Hall–Kier alpha value is -2.38. The van der Waals surface area contributed by atoms with Crippen LogP contribution in [0.25, 0.3) is 0 Å². The first kappa shape index (κ1) is 21.3. The van der Waals surface area contributed by atoms with E-state index in [1.807, 2.05) is 24.3 Å². The summed E-state index contributed by atoms with van der Waals surface area (Å²) in [6.45, 7) is 3.24. The largest absolute Gasteiger partial charge is 0.435 e. The van der Waals surface area contributed by atoms with Gasteiger partial charge >= 0.3 is 6.09 Å². The third-order valence-electron chi connectivity index (χ3n) is 4.72. The molecule has 7 heteroatoms. The zero-order chi connectivity index (χ0) is 20.8. The molecule has 154 valence electrons. The van der Waals surface area contributed by atoms with Crippen LogP contribution in [0.3, 0.4) is 0 Å². The molecule has 2 aromatic carbocycles. The molecule has 0 aromatic heterocycles. The molecule has 1 fully saturated rings. The van der Waals surface area contributed by atoms with Gasteiger partial charge in [0.2, 0.25) is 0 Å². The van der Waals surface area contributed by atoms with Gasteiger partial charge in [0.1, 0.15) is 5.82 Å². The Morgan fingerprint density at radius 3 is 2.48 bits per heavy atom. The maximum Gasteiger partial charge on any atom is 0.435 e. The third-order valence-corrected chi connectivity index (χ3v) is 5.70. The SMILES string of the molecule is C/C(=N\OC(=O)N(C)C)c1ccc(Sc2cc(F)cc(C3CCOCC3)c2)cc1. The van der Waals surface area contributed by atoms with E-state index in [9.17, 15) is 9.18 Å². The van der Waals surface area contributed by atoms with E-state index in [0.29, 0.717) is 11.6 Å². The molecule has 1 aliphatic rings. The molecular formula is C22H25FN2O3S. The van der Waals surface area contributed by atoms with Crippen LogP contribution in [0.4, 0.5) is 9.18 Å².